The van der Waals surface area contributed by atoms with Crippen LogP contribution in [0.4, 0.5) is 0 Å². The van der Waals surface area contributed by atoms with Crippen LogP contribution in [0.2, 0.25) is 0 Å². The first-order valence-electron chi connectivity index (χ1n) is 3.79. The third-order valence-corrected chi connectivity index (χ3v) is 3.07. The van der Waals surface area contributed by atoms with Crippen molar-refractivity contribution >= 4 is 5.78 Å². The van der Waals surface area contributed by atoms with Gasteiger partial charge in [-0.3, -0.25) is 4.79 Å². The maximum Gasteiger partial charge on any atom is 0.133 e. The van der Waals surface area contributed by atoms with Crippen LogP contribution in [0.1, 0.15) is 26.2 Å². The smallest absolute Gasteiger partial charge is 0.133 e. The Morgan fingerprint density at radius 3 is 2.33 bits per heavy atom. The third kappa shape index (κ3) is 0.577. The van der Waals surface area contributed by atoms with Crippen LogP contribution >= 0.6 is 0 Å². The maximum atomic E-state index is 10.8. The minimum Gasteiger partial charge on any atom is -0.300 e. The van der Waals surface area contributed by atoms with Crippen LogP contribution in [-0.4, -0.2) is 5.78 Å². The fraction of sp³-hybridized carbons (Fsp3) is 0.875. The highest BCUT2D eigenvalue weighted by Crippen LogP contribution is 2.54. The van der Waals surface area contributed by atoms with E-state index in [1.165, 1.54) is 19.3 Å². The first kappa shape index (κ1) is 5.45. The van der Waals surface area contributed by atoms with Gasteiger partial charge < -0.3 is 0 Å². The number of hydrogen-bond acceptors (Lipinski definition) is 1. The summed E-state index contributed by atoms with van der Waals surface area (Å²) in [6.07, 6.45) is 3.93. The van der Waals surface area contributed by atoms with Gasteiger partial charge in [-0.15, -0.1) is 0 Å². The van der Waals surface area contributed by atoms with Gasteiger partial charge in [-0.1, -0.05) is 0 Å². The van der Waals surface area contributed by atoms with Crippen molar-refractivity contribution < 1.29 is 4.79 Å². The molecular weight excluding hydrogens is 112 g/mol. The molecule has 9 heavy (non-hydrogen) atoms. The molecule has 2 aliphatic carbocycles. The Morgan fingerprint density at radius 2 is 2.22 bits per heavy atom. The molecule has 2 saturated carbocycles. The van der Waals surface area contributed by atoms with Gasteiger partial charge in [0.05, 0.1) is 0 Å². The van der Waals surface area contributed by atoms with Gasteiger partial charge in [-0.05, 0) is 38.0 Å². The number of ketones is 1. The number of fused-ring (bicyclic) bond motifs is 1. The summed E-state index contributed by atoms with van der Waals surface area (Å²) in [5.74, 6) is 2.68. The second kappa shape index (κ2) is 1.59. The third-order valence-electron chi connectivity index (χ3n) is 3.07. The predicted molar refractivity (Wildman–Crippen MR) is 35.0 cm³/mol. The van der Waals surface area contributed by atoms with Gasteiger partial charge in [0.2, 0.25) is 0 Å². The second-order valence-electron chi connectivity index (χ2n) is 3.45. The van der Waals surface area contributed by atoms with Crippen molar-refractivity contribution in [1.29, 1.82) is 0 Å². The van der Waals surface area contributed by atoms with Crippen molar-refractivity contribution in [3.05, 3.63) is 0 Å². The summed E-state index contributed by atoms with van der Waals surface area (Å²) >= 11 is 0. The summed E-state index contributed by atoms with van der Waals surface area (Å²) in [4.78, 5) is 10.8. The average Bonchev–Trinajstić information content (AvgIpc) is 1.76. The molecule has 0 unspecified atom stereocenters. The Labute approximate surface area is 55.4 Å². The SMILES string of the molecule is CC(=O)[C@@H]1C[C@H]2CC[C@H]21. The monoisotopic (exact) mass is 124 g/mol. The normalized spacial score (nSPS) is 46.6. The average molecular weight is 124 g/mol. The lowest BCUT2D eigenvalue weighted by Gasteiger charge is -2.52. The van der Waals surface area contributed by atoms with Crippen LogP contribution in [-0.2, 0) is 4.79 Å². The second-order valence-corrected chi connectivity index (χ2v) is 3.45. The Kier molecular flexibility index (Phi) is 0.961. The molecule has 0 saturated heterocycles. The van der Waals surface area contributed by atoms with Gasteiger partial charge in [-0.2, -0.15) is 0 Å². The summed E-state index contributed by atoms with van der Waals surface area (Å²) in [7, 11) is 0. The van der Waals surface area contributed by atoms with Crippen LogP contribution < -0.4 is 0 Å². The van der Waals surface area contributed by atoms with Crippen LogP contribution in [0.25, 0.3) is 0 Å². The molecule has 0 aromatic rings. The van der Waals surface area contributed by atoms with Gasteiger partial charge in [0.25, 0.3) is 0 Å². The number of carbonyl (C=O) groups is 1. The molecule has 0 N–H and O–H groups in total. The van der Waals surface area contributed by atoms with Crippen LogP contribution in [0, 0.1) is 17.8 Å². The van der Waals surface area contributed by atoms with E-state index >= 15 is 0 Å². The van der Waals surface area contributed by atoms with Crippen molar-refractivity contribution in [3.8, 4) is 0 Å². The lowest BCUT2D eigenvalue weighted by Crippen LogP contribution is -2.47. The van der Waals surface area contributed by atoms with Crippen molar-refractivity contribution in [2.24, 2.45) is 17.8 Å². The van der Waals surface area contributed by atoms with Gasteiger partial charge in [-0.25, -0.2) is 0 Å². The number of Topliss-reactive ketones (excluding diaryl/α,β-unsaturated/α-hetero) is 1. The molecule has 0 aliphatic heterocycles. The molecule has 0 aromatic heterocycles. The Bertz CT molecular complexity index is 151. The van der Waals surface area contributed by atoms with Crippen molar-refractivity contribution in [2.75, 3.05) is 0 Å². The predicted octanol–water partition coefficient (Wildman–Crippen LogP) is 1.62. The van der Waals surface area contributed by atoms with Gasteiger partial charge in [0, 0.05) is 5.92 Å². The van der Waals surface area contributed by atoms with E-state index in [-0.39, 0.29) is 0 Å². The van der Waals surface area contributed by atoms with E-state index in [1.807, 2.05) is 0 Å². The Balaban J connectivity index is 1.97. The molecule has 50 valence electrons. The lowest BCUT2D eigenvalue weighted by atomic mass is 9.52. The zero-order valence-electron chi connectivity index (χ0n) is 5.76. The molecule has 2 aliphatic rings. The van der Waals surface area contributed by atoms with Crippen molar-refractivity contribution in [1.82, 2.24) is 0 Å². The molecule has 0 spiro atoms. The van der Waals surface area contributed by atoms with E-state index in [0.717, 1.165) is 11.8 Å². The summed E-state index contributed by atoms with van der Waals surface area (Å²) in [5.41, 5.74) is 0. The highest BCUT2D eigenvalue weighted by molar-refractivity contribution is 5.79. The highest BCUT2D eigenvalue weighted by Gasteiger charge is 2.48. The van der Waals surface area contributed by atoms with E-state index < -0.39 is 0 Å². The standard InChI is InChI=1S/C8H12O/c1-5(9)8-4-6-2-3-7(6)8/h6-8H,2-4H2,1H3/t6-,7-,8+/m1/s1. The summed E-state index contributed by atoms with van der Waals surface area (Å²) < 4.78 is 0. The molecule has 0 radical (unpaired) electrons. The summed E-state index contributed by atoms with van der Waals surface area (Å²) in [6.45, 7) is 1.74. The first-order chi connectivity index (χ1) is 4.29. The Morgan fingerprint density at radius 1 is 1.44 bits per heavy atom. The molecule has 1 nitrogen and oxygen atoms in total. The van der Waals surface area contributed by atoms with Crippen LogP contribution in [0.3, 0.4) is 0 Å². The lowest BCUT2D eigenvalue weighted by molar-refractivity contribution is -0.135. The van der Waals surface area contributed by atoms with Crippen molar-refractivity contribution in [3.63, 3.8) is 0 Å². The number of rotatable bonds is 1. The number of hydrogen-bond donors (Lipinski definition) is 0. The van der Waals surface area contributed by atoms with E-state index in [2.05, 4.69) is 0 Å². The van der Waals surface area contributed by atoms with E-state index in [9.17, 15) is 4.79 Å². The topological polar surface area (TPSA) is 17.1 Å². The molecule has 0 aromatic carbocycles. The van der Waals surface area contributed by atoms with Crippen LogP contribution in [0.5, 0.6) is 0 Å². The summed E-state index contributed by atoms with van der Waals surface area (Å²) in [6, 6.07) is 0. The van der Waals surface area contributed by atoms with Crippen molar-refractivity contribution in [2.45, 2.75) is 26.2 Å². The molecular formula is C8H12O. The molecule has 2 rings (SSSR count). The molecule has 0 amide bonds. The highest BCUT2D eigenvalue weighted by atomic mass is 16.1. The van der Waals surface area contributed by atoms with Gasteiger partial charge in [0.1, 0.15) is 5.78 Å². The van der Waals surface area contributed by atoms with Gasteiger partial charge >= 0.3 is 0 Å². The number of carbonyl (C=O) groups excluding carboxylic acids is 1. The maximum absolute atomic E-state index is 10.8. The minimum atomic E-state index is 0.427. The minimum absolute atomic E-state index is 0.427. The quantitative estimate of drug-likeness (QED) is 0.519. The molecule has 0 bridgehead atoms. The Hall–Kier alpha value is -0.330. The largest absolute Gasteiger partial charge is 0.300 e. The van der Waals surface area contributed by atoms with E-state index in [4.69, 9.17) is 0 Å². The molecule has 2 fully saturated rings. The fourth-order valence-corrected chi connectivity index (χ4v) is 2.19. The molecule has 0 heterocycles. The van der Waals surface area contributed by atoms with Gasteiger partial charge in [0.15, 0.2) is 0 Å². The summed E-state index contributed by atoms with van der Waals surface area (Å²) in [5, 5.41) is 0. The van der Waals surface area contributed by atoms with E-state index in [0.29, 0.717) is 11.7 Å². The zero-order chi connectivity index (χ0) is 6.43. The fourth-order valence-electron chi connectivity index (χ4n) is 2.19. The van der Waals surface area contributed by atoms with Crippen LogP contribution in [0.15, 0.2) is 0 Å². The van der Waals surface area contributed by atoms with E-state index in [1.54, 1.807) is 6.92 Å². The zero-order valence-corrected chi connectivity index (χ0v) is 5.76. The first-order valence-corrected chi connectivity index (χ1v) is 3.79. The molecule has 1 heteroatoms. The molecule has 3 atom stereocenters.